The van der Waals surface area contributed by atoms with Crippen LogP contribution >= 0.6 is 0 Å². The van der Waals surface area contributed by atoms with E-state index in [1.807, 2.05) is 0 Å². The van der Waals surface area contributed by atoms with E-state index in [9.17, 15) is 4.79 Å². The Balaban J connectivity index is 0.00000312. The molecule has 9 aliphatic rings. The van der Waals surface area contributed by atoms with Gasteiger partial charge in [0.2, 0.25) is 0 Å². The normalized spacial score (nSPS) is 54.6. The monoisotopic (exact) mass is 630 g/mol. The van der Waals surface area contributed by atoms with E-state index in [0.29, 0.717) is 45.6 Å². The second kappa shape index (κ2) is 10.1. The molecule has 0 spiro atoms. The van der Waals surface area contributed by atoms with Gasteiger partial charge in [0.1, 0.15) is 6.10 Å². The van der Waals surface area contributed by atoms with Crippen molar-refractivity contribution >= 4 is 5.97 Å². The maximum atomic E-state index is 13.5. The van der Waals surface area contributed by atoms with Crippen LogP contribution in [0.15, 0.2) is 0 Å². The van der Waals surface area contributed by atoms with E-state index in [1.165, 1.54) is 57.8 Å². The van der Waals surface area contributed by atoms with Gasteiger partial charge in [-0.1, -0.05) is 48.5 Å². The molecule has 1 unspecified atom stereocenters. The highest BCUT2D eigenvalue weighted by Crippen LogP contribution is 2.78. The van der Waals surface area contributed by atoms with Crippen LogP contribution in [0.4, 0.5) is 0 Å². The summed E-state index contributed by atoms with van der Waals surface area (Å²) in [5.41, 5.74) is 1.92. The fourth-order valence-electron chi connectivity index (χ4n) is 14.6. The Hall–Kier alpha value is -0.360. The van der Waals surface area contributed by atoms with Crippen LogP contribution in [0.25, 0.3) is 0 Å². The maximum absolute atomic E-state index is 13.5. The number of quaternary nitrogens is 1. The first-order valence-corrected chi connectivity index (χ1v) is 18.6. The Kier molecular flexibility index (Phi) is 7.38. The van der Waals surface area contributed by atoms with Gasteiger partial charge in [-0.2, -0.15) is 0 Å². The van der Waals surface area contributed by atoms with Crippen LogP contribution in [0.5, 0.6) is 0 Å². The standard InChI is InChI=1S/C38H63N2O3.ClH/c1-33(2)14-16-38-17-15-36(6)26(31(38)32(33)42-25-38)8-9-28-35(5)12-11-29(34(3,4)27(35)10-13-37(28,36)7)43-30(41)24-40-21-18-39(19-22-40)20-23-40;/h26-29,31-32H,8-25H2,1-7H3;1H/q+1;/p-1/t26-,27+,28-,29?,31+,32-,35+,36-,37-,38-;/m1./s1. The van der Waals surface area contributed by atoms with Gasteiger partial charge in [0, 0.05) is 25.0 Å². The van der Waals surface area contributed by atoms with Gasteiger partial charge >= 0.3 is 5.97 Å². The van der Waals surface area contributed by atoms with Crippen LogP contribution in [-0.4, -0.2) is 80.0 Å². The predicted octanol–water partition coefficient (Wildman–Crippen LogP) is 3.94. The fourth-order valence-corrected chi connectivity index (χ4v) is 14.6. The van der Waals surface area contributed by atoms with Gasteiger partial charge in [-0.05, 0) is 115 Å². The van der Waals surface area contributed by atoms with Crippen molar-refractivity contribution in [3.8, 4) is 0 Å². The molecular formula is C38H63ClN2O3. The van der Waals surface area contributed by atoms with E-state index in [2.05, 4.69) is 53.4 Å². The predicted molar refractivity (Wildman–Crippen MR) is 170 cm³/mol. The molecule has 0 amide bonds. The van der Waals surface area contributed by atoms with Crippen molar-refractivity contribution < 1.29 is 31.2 Å². The van der Waals surface area contributed by atoms with Crippen LogP contribution < -0.4 is 12.4 Å². The molecule has 250 valence electrons. The second-order valence-electron chi connectivity index (χ2n) is 19.6. The number of carbonyl (C=O) groups excluding carboxylic acids is 1. The number of nitrogens with zero attached hydrogens (tertiary/aromatic N) is 2. The van der Waals surface area contributed by atoms with Crippen molar-refractivity contribution in [3.05, 3.63) is 0 Å². The molecule has 5 aliphatic carbocycles. The zero-order valence-corrected chi connectivity index (χ0v) is 29.9. The van der Waals surface area contributed by atoms with Gasteiger partial charge in [-0.15, -0.1) is 0 Å². The van der Waals surface area contributed by atoms with E-state index >= 15 is 0 Å². The first-order chi connectivity index (χ1) is 20.2. The van der Waals surface area contributed by atoms with Crippen LogP contribution in [-0.2, 0) is 14.3 Å². The molecule has 44 heavy (non-hydrogen) atoms. The molecule has 0 radical (unpaired) electrons. The Labute approximate surface area is 274 Å². The van der Waals surface area contributed by atoms with E-state index < -0.39 is 0 Å². The molecule has 4 bridgehead atoms. The number of halogens is 1. The molecule has 0 aromatic carbocycles. The van der Waals surface area contributed by atoms with Crippen molar-refractivity contribution in [2.45, 2.75) is 125 Å². The lowest BCUT2D eigenvalue weighted by atomic mass is 9.31. The van der Waals surface area contributed by atoms with E-state index in [0.717, 1.165) is 74.5 Å². The summed E-state index contributed by atoms with van der Waals surface area (Å²) in [4.78, 5) is 16.1. The highest BCUT2D eigenvalue weighted by molar-refractivity contribution is 5.71. The third-order valence-corrected chi connectivity index (χ3v) is 17.5. The molecule has 5 saturated carbocycles. The summed E-state index contributed by atoms with van der Waals surface area (Å²) in [5.74, 6) is 3.04. The Morgan fingerprint density at radius 1 is 0.795 bits per heavy atom. The van der Waals surface area contributed by atoms with Gasteiger partial charge in [0.15, 0.2) is 6.54 Å². The summed E-state index contributed by atoms with van der Waals surface area (Å²) < 4.78 is 14.3. The number of carbonyl (C=O) groups is 1. The minimum atomic E-state index is 0. The van der Waals surface area contributed by atoms with Gasteiger partial charge in [0.25, 0.3) is 0 Å². The summed E-state index contributed by atoms with van der Waals surface area (Å²) in [5, 5.41) is 0. The van der Waals surface area contributed by atoms with Crippen LogP contribution in [0.1, 0.15) is 113 Å². The average Bonchev–Trinajstić information content (AvgIpc) is 3.30. The van der Waals surface area contributed by atoms with Crippen LogP contribution in [0.3, 0.4) is 0 Å². The minimum Gasteiger partial charge on any atom is -1.00 e. The molecule has 0 N–H and O–H groups in total. The SMILES string of the molecule is CC1(C)CC[C@]23CC[C@]4(C)[C@H](CC[C@@H]5[C@@]6(C)CCC(OC(=O)C[N+]78CCN(CC7)CC8)C(C)(C)[C@@H]6CC[C@]54C)[C@H]2[C@H]1OC3.[Cl-]. The van der Waals surface area contributed by atoms with Gasteiger partial charge in [0.05, 0.1) is 32.3 Å². The molecule has 5 nitrogen and oxygen atoms in total. The van der Waals surface area contributed by atoms with Crippen molar-refractivity contribution in [3.63, 3.8) is 0 Å². The van der Waals surface area contributed by atoms with Crippen molar-refractivity contribution in [1.29, 1.82) is 0 Å². The number of hydrogen-bond donors (Lipinski definition) is 0. The Bertz CT molecular complexity index is 1150. The number of esters is 1. The molecule has 4 saturated heterocycles. The zero-order chi connectivity index (χ0) is 30.3. The number of piperazine rings is 3. The summed E-state index contributed by atoms with van der Waals surface area (Å²) >= 11 is 0. The minimum absolute atomic E-state index is 0. The first-order valence-electron chi connectivity index (χ1n) is 18.6. The quantitative estimate of drug-likeness (QED) is 0.350. The summed E-state index contributed by atoms with van der Waals surface area (Å²) in [6.45, 7) is 26.6. The lowest BCUT2D eigenvalue weighted by Gasteiger charge is -2.73. The maximum Gasteiger partial charge on any atom is 0.362 e. The zero-order valence-electron chi connectivity index (χ0n) is 29.2. The van der Waals surface area contributed by atoms with E-state index in [1.54, 1.807) is 0 Å². The number of ether oxygens (including phenoxy) is 2. The first kappa shape index (κ1) is 32.2. The average molecular weight is 631 g/mol. The molecule has 4 aliphatic heterocycles. The van der Waals surface area contributed by atoms with Gasteiger partial charge in [-0.25, -0.2) is 4.79 Å². The summed E-state index contributed by atoms with van der Waals surface area (Å²) in [6.07, 6.45) is 13.7. The molecule has 9 rings (SSSR count). The largest absolute Gasteiger partial charge is 1.00 e. The third-order valence-electron chi connectivity index (χ3n) is 17.5. The molecule has 10 atom stereocenters. The van der Waals surface area contributed by atoms with Crippen LogP contribution in [0, 0.1) is 56.2 Å². The fraction of sp³-hybridized carbons (Fsp3) is 0.974. The number of rotatable bonds is 3. The highest BCUT2D eigenvalue weighted by atomic mass is 35.5. The molecule has 0 aromatic rings. The summed E-state index contributed by atoms with van der Waals surface area (Å²) in [6, 6.07) is 0. The third kappa shape index (κ3) is 4.16. The van der Waals surface area contributed by atoms with Crippen molar-refractivity contribution in [2.75, 3.05) is 52.4 Å². The van der Waals surface area contributed by atoms with E-state index in [4.69, 9.17) is 9.47 Å². The van der Waals surface area contributed by atoms with Crippen molar-refractivity contribution in [1.82, 2.24) is 4.90 Å². The Morgan fingerprint density at radius 2 is 1.48 bits per heavy atom. The summed E-state index contributed by atoms with van der Waals surface area (Å²) in [7, 11) is 0. The van der Waals surface area contributed by atoms with Crippen molar-refractivity contribution in [2.24, 2.45) is 56.2 Å². The molecule has 4 heterocycles. The lowest BCUT2D eigenvalue weighted by Crippen LogP contribution is -3.00. The topological polar surface area (TPSA) is 38.8 Å². The van der Waals surface area contributed by atoms with Gasteiger partial charge in [-0.3, -0.25) is 4.90 Å². The van der Waals surface area contributed by atoms with E-state index in [-0.39, 0.29) is 29.9 Å². The molecule has 0 aromatic heterocycles. The van der Waals surface area contributed by atoms with Gasteiger partial charge < -0.3 is 26.4 Å². The second-order valence-corrected chi connectivity index (χ2v) is 19.6. The lowest BCUT2D eigenvalue weighted by molar-refractivity contribution is -0.934. The van der Waals surface area contributed by atoms with Crippen LogP contribution in [0.2, 0.25) is 0 Å². The number of hydrogen-bond acceptors (Lipinski definition) is 4. The molecule has 9 fully saturated rings. The molecular weight excluding hydrogens is 568 g/mol. The highest BCUT2D eigenvalue weighted by Gasteiger charge is 2.73. The smallest absolute Gasteiger partial charge is 0.362 e. The Morgan fingerprint density at radius 3 is 2.18 bits per heavy atom. The molecule has 6 heteroatoms. The number of fused-ring (bicyclic) bond motifs is 8.